The summed E-state index contributed by atoms with van der Waals surface area (Å²) in [6.45, 7) is 1.97. The summed E-state index contributed by atoms with van der Waals surface area (Å²) in [6.07, 6.45) is 2.40. The molecule has 6 nitrogen and oxygen atoms in total. The molecule has 1 saturated heterocycles. The van der Waals surface area contributed by atoms with Crippen molar-refractivity contribution >= 4 is 32.3 Å². The standard InChI is InChI=1S/C22H24FN3O3S/c1-26-9-7-15(8-10-26)11-21(27)24-18-3-2-4-19(14-18)30(28,29)22-13-16-12-17(23)5-6-20(16)25-22/h2-6,12-15,25H,7-11H2,1H3,(H,24,27). The molecule has 2 heterocycles. The van der Waals surface area contributed by atoms with E-state index in [1.54, 1.807) is 12.1 Å². The summed E-state index contributed by atoms with van der Waals surface area (Å²) in [5.41, 5.74) is 0.980. The van der Waals surface area contributed by atoms with Crippen LogP contribution in [-0.4, -0.2) is 44.3 Å². The van der Waals surface area contributed by atoms with Crippen LogP contribution >= 0.6 is 0 Å². The van der Waals surface area contributed by atoms with Crippen LogP contribution < -0.4 is 5.32 Å². The van der Waals surface area contributed by atoms with Crippen LogP contribution in [0.1, 0.15) is 19.3 Å². The first-order valence-electron chi connectivity index (χ1n) is 9.93. The van der Waals surface area contributed by atoms with Crippen LogP contribution in [0.2, 0.25) is 0 Å². The van der Waals surface area contributed by atoms with Gasteiger partial charge in [-0.15, -0.1) is 0 Å². The van der Waals surface area contributed by atoms with E-state index in [-0.39, 0.29) is 15.8 Å². The number of nitrogens with zero attached hydrogens (tertiary/aromatic N) is 1. The van der Waals surface area contributed by atoms with Crippen LogP contribution in [0.15, 0.2) is 58.5 Å². The number of H-pyrrole nitrogens is 1. The first-order valence-corrected chi connectivity index (χ1v) is 11.4. The number of halogens is 1. The fourth-order valence-electron chi connectivity index (χ4n) is 3.83. The van der Waals surface area contributed by atoms with Crippen molar-refractivity contribution in [3.8, 4) is 0 Å². The third-order valence-corrected chi connectivity index (χ3v) is 7.26. The van der Waals surface area contributed by atoms with E-state index in [0.717, 1.165) is 25.9 Å². The highest BCUT2D eigenvalue weighted by molar-refractivity contribution is 7.91. The molecule has 3 aromatic rings. The van der Waals surface area contributed by atoms with Crippen LogP contribution in [0, 0.1) is 11.7 Å². The average molecular weight is 430 g/mol. The van der Waals surface area contributed by atoms with Crippen LogP contribution in [0.5, 0.6) is 0 Å². The third kappa shape index (κ3) is 4.39. The van der Waals surface area contributed by atoms with Gasteiger partial charge in [-0.3, -0.25) is 4.79 Å². The molecular formula is C22H24FN3O3S. The van der Waals surface area contributed by atoms with Gasteiger partial charge in [0.15, 0.2) is 0 Å². The maximum atomic E-state index is 13.4. The molecule has 30 heavy (non-hydrogen) atoms. The lowest BCUT2D eigenvalue weighted by Gasteiger charge is -2.28. The average Bonchev–Trinajstić information content (AvgIpc) is 3.14. The van der Waals surface area contributed by atoms with Gasteiger partial charge in [0, 0.05) is 23.0 Å². The number of piperidine rings is 1. The summed E-state index contributed by atoms with van der Waals surface area (Å²) in [5.74, 6) is -0.195. The number of carbonyl (C=O) groups excluding carboxylic acids is 1. The highest BCUT2D eigenvalue weighted by Crippen LogP contribution is 2.27. The minimum Gasteiger partial charge on any atom is -0.345 e. The van der Waals surface area contributed by atoms with Gasteiger partial charge in [0.2, 0.25) is 15.7 Å². The van der Waals surface area contributed by atoms with Gasteiger partial charge >= 0.3 is 0 Å². The molecule has 0 spiro atoms. The summed E-state index contributed by atoms with van der Waals surface area (Å²) in [7, 11) is -1.76. The molecule has 0 unspecified atom stereocenters. The Hall–Kier alpha value is -2.71. The smallest absolute Gasteiger partial charge is 0.224 e. The predicted molar refractivity (Wildman–Crippen MR) is 114 cm³/mol. The fourth-order valence-corrected chi connectivity index (χ4v) is 5.15. The number of anilines is 1. The van der Waals surface area contributed by atoms with E-state index in [1.807, 2.05) is 0 Å². The zero-order valence-electron chi connectivity index (χ0n) is 16.7. The molecule has 0 aliphatic carbocycles. The second kappa shape index (κ2) is 8.20. The van der Waals surface area contributed by atoms with Crippen molar-refractivity contribution in [3.63, 3.8) is 0 Å². The zero-order valence-corrected chi connectivity index (χ0v) is 17.5. The Bertz CT molecular complexity index is 1180. The molecule has 2 aromatic carbocycles. The van der Waals surface area contributed by atoms with Crippen LogP contribution in [0.3, 0.4) is 0 Å². The van der Waals surface area contributed by atoms with E-state index >= 15 is 0 Å². The first-order chi connectivity index (χ1) is 14.3. The number of hydrogen-bond acceptors (Lipinski definition) is 4. The normalized spacial score (nSPS) is 16.1. The predicted octanol–water partition coefficient (Wildman–Crippen LogP) is 3.81. The van der Waals surface area contributed by atoms with Crippen molar-refractivity contribution in [3.05, 3.63) is 54.3 Å². The van der Waals surface area contributed by atoms with E-state index in [2.05, 4.69) is 22.2 Å². The summed E-state index contributed by atoms with van der Waals surface area (Å²) < 4.78 is 39.5. The fraction of sp³-hybridized carbons (Fsp3) is 0.318. The molecule has 8 heteroatoms. The number of sulfone groups is 1. The Morgan fingerprint density at radius 3 is 2.70 bits per heavy atom. The Morgan fingerprint density at radius 2 is 1.93 bits per heavy atom. The highest BCUT2D eigenvalue weighted by Gasteiger charge is 2.22. The Balaban J connectivity index is 1.51. The van der Waals surface area contributed by atoms with E-state index < -0.39 is 15.7 Å². The van der Waals surface area contributed by atoms with Crippen LogP contribution in [0.4, 0.5) is 10.1 Å². The Morgan fingerprint density at radius 1 is 1.17 bits per heavy atom. The monoisotopic (exact) mass is 429 g/mol. The molecule has 0 saturated carbocycles. The maximum absolute atomic E-state index is 13.4. The minimum atomic E-state index is -3.84. The Kier molecular flexibility index (Phi) is 5.62. The molecule has 1 aliphatic rings. The molecule has 158 valence electrons. The summed E-state index contributed by atoms with van der Waals surface area (Å²) >= 11 is 0. The molecule has 0 radical (unpaired) electrons. The summed E-state index contributed by atoms with van der Waals surface area (Å²) in [5, 5.41) is 3.29. The number of carbonyl (C=O) groups is 1. The SMILES string of the molecule is CN1CCC(CC(=O)Nc2cccc(S(=O)(=O)c3cc4cc(F)ccc4[nH]3)c2)CC1. The summed E-state index contributed by atoms with van der Waals surface area (Å²) in [4.78, 5) is 17.6. The van der Waals surface area contributed by atoms with Crippen molar-refractivity contribution in [2.75, 3.05) is 25.5 Å². The van der Waals surface area contributed by atoms with E-state index in [4.69, 9.17) is 0 Å². The number of fused-ring (bicyclic) bond motifs is 1. The Labute approximate surface area is 175 Å². The third-order valence-electron chi connectivity index (χ3n) is 5.59. The number of benzene rings is 2. The minimum absolute atomic E-state index is 0.0158. The van der Waals surface area contributed by atoms with Gasteiger partial charge in [0.25, 0.3) is 0 Å². The van der Waals surface area contributed by atoms with Crippen LogP contribution in [0.25, 0.3) is 10.9 Å². The lowest BCUT2D eigenvalue weighted by atomic mass is 9.93. The number of rotatable bonds is 5. The molecule has 2 N–H and O–H groups in total. The van der Waals surface area contributed by atoms with Gasteiger partial charge in [0.1, 0.15) is 10.8 Å². The van der Waals surface area contributed by atoms with Gasteiger partial charge < -0.3 is 15.2 Å². The molecule has 1 amide bonds. The van der Waals surface area contributed by atoms with Crippen molar-refractivity contribution in [1.82, 2.24) is 9.88 Å². The largest absolute Gasteiger partial charge is 0.345 e. The second-order valence-corrected chi connectivity index (χ2v) is 9.81. The van der Waals surface area contributed by atoms with Crippen molar-refractivity contribution in [2.24, 2.45) is 5.92 Å². The topological polar surface area (TPSA) is 82.3 Å². The number of aromatic nitrogens is 1. The van der Waals surface area contributed by atoms with Gasteiger partial charge in [0.05, 0.1) is 4.90 Å². The van der Waals surface area contributed by atoms with E-state index in [0.29, 0.717) is 28.9 Å². The molecule has 0 bridgehead atoms. The van der Waals surface area contributed by atoms with Crippen molar-refractivity contribution in [1.29, 1.82) is 0 Å². The van der Waals surface area contributed by atoms with E-state index in [1.165, 1.54) is 36.4 Å². The molecule has 0 atom stereocenters. The lowest BCUT2D eigenvalue weighted by Crippen LogP contribution is -2.31. The quantitative estimate of drug-likeness (QED) is 0.646. The number of aromatic amines is 1. The van der Waals surface area contributed by atoms with Gasteiger partial charge in [-0.2, -0.15) is 0 Å². The highest BCUT2D eigenvalue weighted by atomic mass is 32.2. The van der Waals surface area contributed by atoms with Crippen molar-refractivity contribution in [2.45, 2.75) is 29.2 Å². The zero-order chi connectivity index (χ0) is 21.3. The maximum Gasteiger partial charge on any atom is 0.224 e. The lowest BCUT2D eigenvalue weighted by molar-refractivity contribution is -0.117. The number of likely N-dealkylation sites (tertiary alicyclic amines) is 1. The van der Waals surface area contributed by atoms with Crippen molar-refractivity contribution < 1.29 is 17.6 Å². The molecule has 4 rings (SSSR count). The number of hydrogen-bond donors (Lipinski definition) is 2. The molecule has 1 fully saturated rings. The van der Waals surface area contributed by atoms with Gasteiger partial charge in [-0.05, 0) is 81.4 Å². The van der Waals surface area contributed by atoms with E-state index in [9.17, 15) is 17.6 Å². The van der Waals surface area contributed by atoms with Gasteiger partial charge in [-0.25, -0.2) is 12.8 Å². The van der Waals surface area contributed by atoms with Crippen LogP contribution in [-0.2, 0) is 14.6 Å². The molecular weight excluding hydrogens is 405 g/mol. The van der Waals surface area contributed by atoms with Gasteiger partial charge in [-0.1, -0.05) is 6.07 Å². The second-order valence-electron chi connectivity index (χ2n) is 7.90. The molecule has 1 aliphatic heterocycles. The molecule has 1 aromatic heterocycles. The summed E-state index contributed by atoms with van der Waals surface area (Å²) in [6, 6.07) is 11.7. The number of amides is 1. The number of nitrogens with one attached hydrogen (secondary N) is 2. The first kappa shape index (κ1) is 20.6.